The number of sulfonamides is 1. The van der Waals surface area contributed by atoms with E-state index in [1.165, 1.54) is 30.4 Å². The molecule has 0 amide bonds. The average molecular weight is 392 g/mol. The van der Waals surface area contributed by atoms with Gasteiger partial charge in [0.25, 0.3) is 0 Å². The summed E-state index contributed by atoms with van der Waals surface area (Å²) < 4.78 is 27.6. The molecule has 3 heterocycles. The summed E-state index contributed by atoms with van der Waals surface area (Å²) in [6, 6.07) is 9.18. The third-order valence-electron chi connectivity index (χ3n) is 6.84. The van der Waals surface area contributed by atoms with Crippen LogP contribution in [0.1, 0.15) is 49.3 Å². The number of hydrogen-bond donors (Lipinski definition) is 0. The van der Waals surface area contributed by atoms with Crippen LogP contribution in [0.3, 0.4) is 0 Å². The summed E-state index contributed by atoms with van der Waals surface area (Å²) in [6.45, 7) is 4.88. The van der Waals surface area contributed by atoms with Crippen molar-refractivity contribution in [2.24, 2.45) is 0 Å². The van der Waals surface area contributed by atoms with E-state index in [1.807, 2.05) is 0 Å². The predicted molar refractivity (Wildman–Crippen MR) is 109 cm³/mol. The summed E-state index contributed by atoms with van der Waals surface area (Å²) in [5.41, 5.74) is 2.85. The highest BCUT2D eigenvalue weighted by Crippen LogP contribution is 2.38. The molecule has 4 rings (SSSR count). The van der Waals surface area contributed by atoms with Gasteiger partial charge in [-0.3, -0.25) is 4.90 Å². The van der Waals surface area contributed by atoms with E-state index >= 15 is 0 Å². The summed E-state index contributed by atoms with van der Waals surface area (Å²) in [6.07, 6.45) is 6.66. The largest absolute Gasteiger partial charge is 0.302 e. The maximum Gasteiger partial charge on any atom is 0.215 e. The van der Waals surface area contributed by atoms with E-state index in [1.54, 1.807) is 11.4 Å². The molecule has 0 bridgehead atoms. The molecule has 1 aromatic rings. The summed E-state index contributed by atoms with van der Waals surface area (Å²) in [5.74, 6) is 0.255. The van der Waals surface area contributed by atoms with Gasteiger partial charge in [0.2, 0.25) is 10.0 Å². The average Bonchev–Trinajstić information content (AvgIpc) is 2.72. The minimum Gasteiger partial charge on any atom is -0.302 e. The fourth-order valence-corrected chi connectivity index (χ4v) is 6.49. The first kappa shape index (κ1) is 19.4. The molecule has 0 aromatic heterocycles. The Labute approximate surface area is 164 Å². The van der Waals surface area contributed by atoms with Crippen LogP contribution in [0.4, 0.5) is 0 Å². The molecule has 1 aromatic carbocycles. The molecule has 0 spiro atoms. The Hall–Kier alpha value is -0.950. The van der Waals surface area contributed by atoms with E-state index in [0.29, 0.717) is 12.6 Å². The predicted octanol–water partition coefficient (Wildman–Crippen LogP) is 2.50. The number of piperidine rings is 2. The van der Waals surface area contributed by atoms with E-state index in [2.05, 4.69) is 34.1 Å². The minimum absolute atomic E-state index is 0.115. The molecule has 0 unspecified atom stereocenters. The van der Waals surface area contributed by atoms with Gasteiger partial charge in [0, 0.05) is 38.8 Å². The zero-order valence-electron chi connectivity index (χ0n) is 16.5. The van der Waals surface area contributed by atoms with Crippen molar-refractivity contribution in [3.8, 4) is 0 Å². The Bertz CT molecular complexity index is 746. The first-order valence-corrected chi connectivity index (χ1v) is 12.2. The smallest absolute Gasteiger partial charge is 0.215 e. The SMILES string of the molecule is CN([C@@H]1CCN2CCc3ccccc3[C@@H]2C1)S(=O)(=O)CCN1CCCCC1. The zero-order chi connectivity index (χ0) is 18.9. The molecule has 0 aliphatic carbocycles. The summed E-state index contributed by atoms with van der Waals surface area (Å²) in [5, 5.41) is 0. The Balaban J connectivity index is 1.41. The Kier molecular flexibility index (Phi) is 5.88. The lowest BCUT2D eigenvalue weighted by Gasteiger charge is -2.45. The highest BCUT2D eigenvalue weighted by atomic mass is 32.2. The van der Waals surface area contributed by atoms with Crippen LogP contribution < -0.4 is 0 Å². The summed E-state index contributed by atoms with van der Waals surface area (Å²) in [4.78, 5) is 4.86. The first-order chi connectivity index (χ1) is 13.0. The van der Waals surface area contributed by atoms with Gasteiger partial charge < -0.3 is 4.90 Å². The summed E-state index contributed by atoms with van der Waals surface area (Å²) >= 11 is 0. The Morgan fingerprint density at radius 1 is 1.07 bits per heavy atom. The highest BCUT2D eigenvalue weighted by Gasteiger charge is 2.37. The van der Waals surface area contributed by atoms with Gasteiger partial charge in [0.1, 0.15) is 0 Å². The second kappa shape index (κ2) is 8.19. The van der Waals surface area contributed by atoms with Crippen molar-refractivity contribution in [1.82, 2.24) is 14.1 Å². The minimum atomic E-state index is -3.20. The zero-order valence-corrected chi connectivity index (χ0v) is 17.3. The fraction of sp³-hybridized carbons (Fsp3) is 0.714. The van der Waals surface area contributed by atoms with Crippen molar-refractivity contribution >= 4 is 10.0 Å². The second-order valence-corrected chi connectivity index (χ2v) is 10.6. The third kappa shape index (κ3) is 4.24. The van der Waals surface area contributed by atoms with Crippen LogP contribution in [0.15, 0.2) is 24.3 Å². The maximum atomic E-state index is 13.0. The van der Waals surface area contributed by atoms with Crippen molar-refractivity contribution in [2.45, 2.75) is 50.6 Å². The topological polar surface area (TPSA) is 43.9 Å². The molecule has 5 nitrogen and oxygen atoms in total. The molecule has 3 aliphatic rings. The standard InChI is InChI=1S/C21H33N3O2S/c1-22(27(25,26)16-15-23-11-5-2-6-12-23)19-10-14-24-13-9-18-7-3-4-8-20(18)21(24)17-19/h3-4,7-8,19,21H,2,5-6,9-17H2,1H3/t19-,21+/m1/s1. The lowest BCUT2D eigenvalue weighted by Crippen LogP contribution is -2.50. The van der Waals surface area contributed by atoms with E-state index < -0.39 is 10.0 Å². The molecule has 0 radical (unpaired) electrons. The fourth-order valence-electron chi connectivity index (χ4n) is 5.07. The van der Waals surface area contributed by atoms with Crippen LogP contribution in [0.2, 0.25) is 0 Å². The van der Waals surface area contributed by atoms with Gasteiger partial charge in [-0.15, -0.1) is 0 Å². The summed E-state index contributed by atoms with van der Waals surface area (Å²) in [7, 11) is -1.40. The number of hydrogen-bond acceptors (Lipinski definition) is 4. The van der Waals surface area contributed by atoms with Gasteiger partial charge in [-0.05, 0) is 56.3 Å². The van der Waals surface area contributed by atoms with Crippen molar-refractivity contribution in [2.75, 3.05) is 45.5 Å². The van der Waals surface area contributed by atoms with Gasteiger partial charge in [-0.25, -0.2) is 12.7 Å². The molecule has 6 heteroatoms. The molecule has 0 saturated carbocycles. The van der Waals surface area contributed by atoms with Crippen molar-refractivity contribution in [3.05, 3.63) is 35.4 Å². The molecule has 2 atom stereocenters. The van der Waals surface area contributed by atoms with Crippen LogP contribution in [0.5, 0.6) is 0 Å². The van der Waals surface area contributed by atoms with Gasteiger partial charge in [-0.1, -0.05) is 30.7 Å². The van der Waals surface area contributed by atoms with Gasteiger partial charge in [-0.2, -0.15) is 0 Å². The highest BCUT2D eigenvalue weighted by molar-refractivity contribution is 7.89. The van der Waals surface area contributed by atoms with E-state index in [4.69, 9.17) is 0 Å². The quantitative estimate of drug-likeness (QED) is 0.774. The molecule has 27 heavy (non-hydrogen) atoms. The lowest BCUT2D eigenvalue weighted by atomic mass is 9.85. The van der Waals surface area contributed by atoms with Gasteiger partial charge >= 0.3 is 0 Å². The maximum absolute atomic E-state index is 13.0. The van der Waals surface area contributed by atoms with E-state index in [-0.39, 0.29) is 11.8 Å². The number of benzene rings is 1. The van der Waals surface area contributed by atoms with Crippen molar-refractivity contribution < 1.29 is 8.42 Å². The van der Waals surface area contributed by atoms with Crippen LogP contribution in [0, 0.1) is 0 Å². The molecule has 0 N–H and O–H groups in total. The second-order valence-electron chi connectivity index (χ2n) is 8.41. The number of rotatable bonds is 5. The Morgan fingerprint density at radius 3 is 2.67 bits per heavy atom. The molecule has 2 saturated heterocycles. The number of likely N-dealkylation sites (tertiary alicyclic amines) is 1. The normalized spacial score (nSPS) is 27.3. The Morgan fingerprint density at radius 2 is 1.85 bits per heavy atom. The first-order valence-electron chi connectivity index (χ1n) is 10.5. The van der Waals surface area contributed by atoms with E-state index in [9.17, 15) is 8.42 Å². The molecule has 3 aliphatic heterocycles. The van der Waals surface area contributed by atoms with Crippen LogP contribution >= 0.6 is 0 Å². The monoisotopic (exact) mass is 391 g/mol. The van der Waals surface area contributed by atoms with Crippen LogP contribution in [0.25, 0.3) is 0 Å². The molecular formula is C21H33N3O2S. The lowest BCUT2D eigenvalue weighted by molar-refractivity contribution is 0.0968. The third-order valence-corrected chi connectivity index (χ3v) is 8.71. The molecular weight excluding hydrogens is 358 g/mol. The number of fused-ring (bicyclic) bond motifs is 3. The van der Waals surface area contributed by atoms with Crippen molar-refractivity contribution in [3.63, 3.8) is 0 Å². The van der Waals surface area contributed by atoms with Gasteiger partial charge in [0.15, 0.2) is 0 Å². The molecule has 150 valence electrons. The molecule has 2 fully saturated rings. The van der Waals surface area contributed by atoms with Gasteiger partial charge in [0.05, 0.1) is 5.75 Å². The van der Waals surface area contributed by atoms with Crippen molar-refractivity contribution in [1.29, 1.82) is 0 Å². The van der Waals surface area contributed by atoms with Crippen LogP contribution in [-0.4, -0.2) is 74.1 Å². The van der Waals surface area contributed by atoms with Crippen LogP contribution in [-0.2, 0) is 16.4 Å². The number of nitrogens with zero attached hydrogens (tertiary/aromatic N) is 3. The van der Waals surface area contributed by atoms with E-state index in [0.717, 1.165) is 45.4 Å².